The summed E-state index contributed by atoms with van der Waals surface area (Å²) in [6.45, 7) is 5.14. The third kappa shape index (κ3) is 4.66. The predicted octanol–water partition coefficient (Wildman–Crippen LogP) is 3.30. The summed E-state index contributed by atoms with van der Waals surface area (Å²) in [5.74, 6) is 0.144. The number of hydrogen-bond donors (Lipinski definition) is 2. The number of amides is 2. The van der Waals surface area contributed by atoms with E-state index in [0.717, 1.165) is 5.56 Å². The van der Waals surface area contributed by atoms with E-state index in [2.05, 4.69) is 30.8 Å². The van der Waals surface area contributed by atoms with Gasteiger partial charge in [-0.1, -0.05) is 12.1 Å². The first-order valence-corrected chi connectivity index (χ1v) is 9.41. The van der Waals surface area contributed by atoms with E-state index in [-0.39, 0.29) is 12.0 Å². The van der Waals surface area contributed by atoms with Crippen molar-refractivity contribution in [2.24, 2.45) is 0 Å². The maximum absolute atomic E-state index is 12.2. The monoisotopic (exact) mass is 421 g/mol. The van der Waals surface area contributed by atoms with Crippen molar-refractivity contribution in [3.8, 4) is 11.3 Å². The van der Waals surface area contributed by atoms with E-state index in [1.165, 1.54) is 6.20 Å². The van der Waals surface area contributed by atoms with Crippen LogP contribution in [0.25, 0.3) is 17.0 Å². The van der Waals surface area contributed by atoms with E-state index < -0.39 is 12.0 Å². The lowest BCUT2D eigenvalue weighted by Gasteiger charge is -2.09. The van der Waals surface area contributed by atoms with Gasteiger partial charge in [0.1, 0.15) is 0 Å². The van der Waals surface area contributed by atoms with E-state index in [9.17, 15) is 9.59 Å². The second-order valence-corrected chi connectivity index (χ2v) is 6.92. The molecule has 0 unspecified atom stereocenters. The van der Waals surface area contributed by atoms with E-state index in [1.807, 2.05) is 6.07 Å². The molecule has 0 saturated carbocycles. The highest BCUT2D eigenvalue weighted by atomic mass is 16.6. The van der Waals surface area contributed by atoms with E-state index in [1.54, 1.807) is 55.8 Å². The van der Waals surface area contributed by atoms with Crippen LogP contribution in [0.2, 0.25) is 0 Å². The maximum atomic E-state index is 12.2. The molecule has 1 aromatic carbocycles. The van der Waals surface area contributed by atoms with Gasteiger partial charge in [0.05, 0.1) is 23.7 Å². The van der Waals surface area contributed by atoms with Crippen LogP contribution in [-0.2, 0) is 4.74 Å². The minimum atomic E-state index is -0.559. The van der Waals surface area contributed by atoms with Crippen LogP contribution < -0.4 is 10.6 Å². The zero-order chi connectivity index (χ0) is 22.0. The fourth-order valence-electron chi connectivity index (χ4n) is 2.78. The van der Waals surface area contributed by atoms with Crippen LogP contribution >= 0.6 is 0 Å². The molecule has 3 aromatic heterocycles. The Morgan fingerprint density at radius 2 is 1.97 bits per heavy atom. The highest BCUT2D eigenvalue weighted by Gasteiger charge is 2.14. The first kappa shape index (κ1) is 20.0. The number of benzene rings is 1. The van der Waals surface area contributed by atoms with Gasteiger partial charge < -0.3 is 14.5 Å². The van der Waals surface area contributed by atoms with Crippen LogP contribution in [0, 0.1) is 6.92 Å². The highest BCUT2D eigenvalue weighted by Crippen LogP contribution is 2.23. The standard InChI is InChI=1S/C20H19N7O4/c1-11(2)30-20(29)23-15-8-21-19-24-16(10-27(19)9-15)13-5-4-6-14(7-13)22-17(28)18-26-25-12(3)31-18/h4-11H,1-3H3,(H,22,28)(H,23,29). The minimum Gasteiger partial charge on any atom is -0.447 e. The third-order valence-electron chi connectivity index (χ3n) is 4.04. The van der Waals surface area contributed by atoms with E-state index >= 15 is 0 Å². The zero-order valence-corrected chi connectivity index (χ0v) is 17.0. The number of nitrogens with zero attached hydrogens (tertiary/aromatic N) is 5. The first-order chi connectivity index (χ1) is 14.9. The molecule has 0 aliphatic heterocycles. The van der Waals surface area contributed by atoms with Crippen LogP contribution in [0.1, 0.15) is 30.4 Å². The molecule has 31 heavy (non-hydrogen) atoms. The number of aromatic nitrogens is 5. The highest BCUT2D eigenvalue weighted by molar-refractivity contribution is 6.01. The van der Waals surface area contributed by atoms with Crippen molar-refractivity contribution in [3.05, 3.63) is 54.6 Å². The van der Waals surface area contributed by atoms with Gasteiger partial charge in [0.2, 0.25) is 11.7 Å². The number of aryl methyl sites for hydroxylation is 1. The van der Waals surface area contributed by atoms with Gasteiger partial charge in [-0.05, 0) is 26.0 Å². The molecule has 11 heteroatoms. The number of rotatable bonds is 5. The molecule has 4 rings (SSSR count). The molecule has 0 radical (unpaired) electrons. The van der Waals surface area contributed by atoms with Crippen molar-refractivity contribution in [1.82, 2.24) is 24.6 Å². The van der Waals surface area contributed by atoms with Crippen LogP contribution in [0.4, 0.5) is 16.2 Å². The molecule has 11 nitrogen and oxygen atoms in total. The summed E-state index contributed by atoms with van der Waals surface area (Å²) in [5, 5.41) is 12.7. The number of ether oxygens (including phenoxy) is 1. The maximum Gasteiger partial charge on any atom is 0.411 e. The average Bonchev–Trinajstić information content (AvgIpc) is 3.33. The van der Waals surface area contributed by atoms with Crippen molar-refractivity contribution in [2.75, 3.05) is 10.6 Å². The quantitative estimate of drug-likeness (QED) is 0.501. The van der Waals surface area contributed by atoms with Gasteiger partial charge in [-0.25, -0.2) is 14.8 Å². The van der Waals surface area contributed by atoms with Gasteiger partial charge in [-0.15, -0.1) is 10.2 Å². The molecule has 0 aliphatic rings. The Morgan fingerprint density at radius 3 is 2.71 bits per heavy atom. The summed E-state index contributed by atoms with van der Waals surface area (Å²) < 4.78 is 11.9. The molecule has 0 spiro atoms. The Morgan fingerprint density at radius 1 is 1.13 bits per heavy atom. The summed E-state index contributed by atoms with van der Waals surface area (Å²) in [6.07, 6.45) is 4.16. The Hall–Kier alpha value is -4.28. The Kier molecular flexibility index (Phi) is 5.31. The van der Waals surface area contributed by atoms with Gasteiger partial charge in [-0.2, -0.15) is 0 Å². The fourth-order valence-corrected chi connectivity index (χ4v) is 2.78. The summed E-state index contributed by atoms with van der Waals surface area (Å²) in [7, 11) is 0. The normalized spacial score (nSPS) is 11.0. The summed E-state index contributed by atoms with van der Waals surface area (Å²) >= 11 is 0. The summed E-state index contributed by atoms with van der Waals surface area (Å²) in [6, 6.07) is 7.15. The Bertz CT molecular complexity index is 1260. The smallest absolute Gasteiger partial charge is 0.411 e. The van der Waals surface area contributed by atoms with Gasteiger partial charge in [0.25, 0.3) is 0 Å². The molecular weight excluding hydrogens is 402 g/mol. The number of hydrogen-bond acceptors (Lipinski definition) is 8. The van der Waals surface area contributed by atoms with Crippen LogP contribution in [0.3, 0.4) is 0 Å². The molecule has 0 aliphatic carbocycles. The lowest BCUT2D eigenvalue weighted by atomic mass is 10.1. The lowest BCUT2D eigenvalue weighted by Crippen LogP contribution is -2.18. The largest absolute Gasteiger partial charge is 0.447 e. The number of fused-ring (bicyclic) bond motifs is 1. The molecule has 0 saturated heterocycles. The van der Waals surface area contributed by atoms with Crippen molar-refractivity contribution < 1.29 is 18.7 Å². The Balaban J connectivity index is 1.53. The number of imidazole rings is 1. The molecule has 4 aromatic rings. The van der Waals surface area contributed by atoms with Gasteiger partial charge >= 0.3 is 17.9 Å². The molecule has 3 heterocycles. The molecule has 0 fully saturated rings. The number of carbonyl (C=O) groups is 2. The average molecular weight is 421 g/mol. The van der Waals surface area contributed by atoms with E-state index in [4.69, 9.17) is 9.15 Å². The van der Waals surface area contributed by atoms with Crippen molar-refractivity contribution in [2.45, 2.75) is 26.9 Å². The molecular formula is C20H19N7O4. The molecule has 2 amide bonds. The second kappa shape index (κ2) is 8.22. The third-order valence-corrected chi connectivity index (χ3v) is 4.04. The zero-order valence-electron chi connectivity index (χ0n) is 17.0. The number of carbonyl (C=O) groups excluding carboxylic acids is 2. The molecule has 0 atom stereocenters. The molecule has 2 N–H and O–H groups in total. The van der Waals surface area contributed by atoms with Gasteiger partial charge in [-0.3, -0.25) is 14.5 Å². The van der Waals surface area contributed by atoms with Gasteiger partial charge in [0, 0.05) is 30.6 Å². The lowest BCUT2D eigenvalue weighted by molar-refractivity contribution is 0.0988. The molecule has 0 bridgehead atoms. The van der Waals surface area contributed by atoms with E-state index in [0.29, 0.717) is 28.7 Å². The summed E-state index contributed by atoms with van der Waals surface area (Å²) in [4.78, 5) is 32.8. The summed E-state index contributed by atoms with van der Waals surface area (Å²) in [5.41, 5.74) is 2.41. The van der Waals surface area contributed by atoms with Crippen LogP contribution in [0.15, 0.2) is 47.3 Å². The minimum absolute atomic E-state index is 0.115. The Labute approximate surface area is 176 Å². The van der Waals surface area contributed by atoms with Gasteiger partial charge in [0.15, 0.2) is 0 Å². The SMILES string of the molecule is Cc1nnc(C(=O)Nc2cccc(-c3cn4cc(NC(=O)OC(C)C)cnc4n3)c2)o1. The first-order valence-electron chi connectivity index (χ1n) is 9.41. The van der Waals surface area contributed by atoms with Crippen molar-refractivity contribution in [1.29, 1.82) is 0 Å². The van der Waals surface area contributed by atoms with Crippen LogP contribution in [-0.4, -0.2) is 42.7 Å². The van der Waals surface area contributed by atoms with Crippen molar-refractivity contribution >= 4 is 29.2 Å². The van der Waals surface area contributed by atoms with Crippen molar-refractivity contribution in [3.63, 3.8) is 0 Å². The fraction of sp³-hybridized carbons (Fsp3) is 0.200. The molecule has 158 valence electrons. The number of anilines is 2. The predicted molar refractivity (Wildman–Crippen MR) is 111 cm³/mol. The number of nitrogens with one attached hydrogen (secondary N) is 2. The van der Waals surface area contributed by atoms with Crippen LogP contribution in [0.5, 0.6) is 0 Å². The topological polar surface area (TPSA) is 137 Å². The second-order valence-electron chi connectivity index (χ2n) is 6.92.